The first kappa shape index (κ1) is 15.5. The molecule has 0 unspecified atom stereocenters. The van der Waals surface area contributed by atoms with E-state index in [0.717, 1.165) is 6.42 Å². The van der Waals surface area contributed by atoms with Gasteiger partial charge in [-0.1, -0.05) is 19.1 Å². The lowest BCUT2D eigenvalue weighted by molar-refractivity contribution is -0.143. The number of ether oxygens (including phenoxy) is 1. The van der Waals surface area contributed by atoms with Crippen LogP contribution < -0.4 is 0 Å². The van der Waals surface area contributed by atoms with Crippen molar-refractivity contribution in [1.82, 2.24) is 4.90 Å². The van der Waals surface area contributed by atoms with Crippen molar-refractivity contribution in [2.45, 2.75) is 25.2 Å². The number of hydrogen-bond acceptors (Lipinski definition) is 5. The number of rotatable bonds is 5. The number of carbonyl (C=O) groups excluding carboxylic acids is 1. The lowest BCUT2D eigenvalue weighted by atomic mass is 10.2. The first-order valence-electron chi connectivity index (χ1n) is 6.84. The summed E-state index contributed by atoms with van der Waals surface area (Å²) in [5.74, 6) is -0.0732. The zero-order valence-corrected chi connectivity index (χ0v) is 12.9. The van der Waals surface area contributed by atoms with Gasteiger partial charge < -0.3 is 9.64 Å². The van der Waals surface area contributed by atoms with Crippen LogP contribution in [0.15, 0.2) is 33.6 Å². The standard InChI is InChI=1S/C14H18N2O4S/c1-3-9-16(10-13(17)20-4-2)14-11-7-5-6-8-12(11)21(18,19)15-14/h5-8H,3-4,9-10H2,1-2H3. The van der Waals surface area contributed by atoms with Crippen molar-refractivity contribution >= 4 is 21.8 Å². The molecule has 21 heavy (non-hydrogen) atoms. The Morgan fingerprint density at radius 3 is 2.67 bits per heavy atom. The van der Waals surface area contributed by atoms with Crippen LogP contribution in [0.4, 0.5) is 0 Å². The molecule has 1 aromatic carbocycles. The summed E-state index contributed by atoms with van der Waals surface area (Å²) in [6.07, 6.45) is 0.765. The number of amidine groups is 1. The van der Waals surface area contributed by atoms with E-state index in [4.69, 9.17) is 4.74 Å². The normalized spacial score (nSPS) is 15.2. The van der Waals surface area contributed by atoms with Crippen molar-refractivity contribution in [3.05, 3.63) is 29.8 Å². The third-order valence-electron chi connectivity index (χ3n) is 3.03. The molecule has 0 aliphatic carbocycles. The monoisotopic (exact) mass is 310 g/mol. The van der Waals surface area contributed by atoms with E-state index in [9.17, 15) is 13.2 Å². The van der Waals surface area contributed by atoms with Crippen molar-refractivity contribution in [1.29, 1.82) is 0 Å². The number of fused-ring (bicyclic) bond motifs is 1. The Bertz CT molecular complexity index is 667. The molecule has 0 N–H and O–H groups in total. The van der Waals surface area contributed by atoms with Crippen molar-refractivity contribution in [3.63, 3.8) is 0 Å². The highest BCUT2D eigenvalue weighted by molar-refractivity contribution is 7.90. The average Bonchev–Trinajstić information content (AvgIpc) is 2.71. The SMILES string of the molecule is CCCN(CC(=O)OCC)C1=NS(=O)(=O)c2ccccc21. The zero-order valence-electron chi connectivity index (χ0n) is 12.1. The quantitative estimate of drug-likeness (QED) is 0.769. The molecule has 0 radical (unpaired) electrons. The molecule has 0 aromatic heterocycles. The summed E-state index contributed by atoms with van der Waals surface area (Å²) >= 11 is 0. The fourth-order valence-corrected chi connectivity index (χ4v) is 3.44. The Labute approximate surface area is 124 Å². The lowest BCUT2D eigenvalue weighted by Crippen LogP contribution is -2.37. The van der Waals surface area contributed by atoms with Gasteiger partial charge in [0.1, 0.15) is 11.4 Å². The van der Waals surface area contributed by atoms with Crippen LogP contribution in [0, 0.1) is 0 Å². The predicted molar refractivity (Wildman–Crippen MR) is 78.7 cm³/mol. The van der Waals surface area contributed by atoms with Crippen LogP contribution in [-0.2, 0) is 19.6 Å². The van der Waals surface area contributed by atoms with E-state index in [1.165, 1.54) is 6.07 Å². The molecule has 0 fully saturated rings. The van der Waals surface area contributed by atoms with Crippen LogP contribution in [0.3, 0.4) is 0 Å². The summed E-state index contributed by atoms with van der Waals surface area (Å²) in [6, 6.07) is 6.64. The van der Waals surface area contributed by atoms with Crippen molar-refractivity contribution in [2.75, 3.05) is 19.7 Å². The Kier molecular flexibility index (Phi) is 4.62. The summed E-state index contributed by atoms with van der Waals surface area (Å²) < 4.78 is 32.9. The number of sulfonamides is 1. The molecule has 114 valence electrons. The van der Waals surface area contributed by atoms with Crippen molar-refractivity contribution < 1.29 is 17.9 Å². The van der Waals surface area contributed by atoms with Crippen LogP contribution in [0.2, 0.25) is 0 Å². The molecule has 0 amide bonds. The van der Waals surface area contributed by atoms with Crippen molar-refractivity contribution in [2.24, 2.45) is 4.40 Å². The van der Waals surface area contributed by atoms with E-state index in [0.29, 0.717) is 24.6 Å². The van der Waals surface area contributed by atoms with Gasteiger partial charge in [-0.2, -0.15) is 8.42 Å². The first-order valence-corrected chi connectivity index (χ1v) is 8.28. The molecule has 1 aromatic rings. The second kappa shape index (κ2) is 6.26. The van der Waals surface area contributed by atoms with Gasteiger partial charge in [0.15, 0.2) is 5.84 Å². The molecule has 2 rings (SSSR count). The molecule has 0 spiro atoms. The van der Waals surface area contributed by atoms with Gasteiger partial charge in [0.2, 0.25) is 0 Å². The highest BCUT2D eigenvalue weighted by Gasteiger charge is 2.32. The highest BCUT2D eigenvalue weighted by atomic mass is 32.2. The van der Waals surface area contributed by atoms with E-state index in [-0.39, 0.29) is 11.4 Å². The largest absolute Gasteiger partial charge is 0.465 e. The first-order chi connectivity index (χ1) is 9.99. The van der Waals surface area contributed by atoms with Crippen LogP contribution >= 0.6 is 0 Å². The minimum absolute atomic E-state index is 0.00956. The molecule has 0 atom stereocenters. The predicted octanol–water partition coefficient (Wildman–Crippen LogP) is 1.41. The van der Waals surface area contributed by atoms with Gasteiger partial charge in [0.05, 0.1) is 6.61 Å². The fraction of sp³-hybridized carbons (Fsp3) is 0.429. The van der Waals surface area contributed by atoms with E-state index < -0.39 is 16.0 Å². The maximum atomic E-state index is 12.1. The minimum atomic E-state index is -3.67. The van der Waals surface area contributed by atoms with Crippen molar-refractivity contribution in [3.8, 4) is 0 Å². The van der Waals surface area contributed by atoms with E-state index in [2.05, 4.69) is 4.40 Å². The van der Waals surface area contributed by atoms with Crippen LogP contribution in [-0.4, -0.2) is 44.8 Å². The molecule has 1 aliphatic rings. The number of carbonyl (C=O) groups is 1. The summed E-state index contributed by atoms with van der Waals surface area (Å²) in [5, 5.41) is 0. The van der Waals surface area contributed by atoms with Gasteiger partial charge in [0.25, 0.3) is 10.0 Å². The number of hydrogen-bond donors (Lipinski definition) is 0. The van der Waals surface area contributed by atoms with Gasteiger partial charge in [-0.25, -0.2) is 0 Å². The van der Waals surface area contributed by atoms with Gasteiger partial charge in [-0.15, -0.1) is 4.40 Å². The summed E-state index contributed by atoms with van der Waals surface area (Å²) in [4.78, 5) is 13.5. The molecular weight excluding hydrogens is 292 g/mol. The number of nitrogens with zero attached hydrogens (tertiary/aromatic N) is 2. The zero-order chi connectivity index (χ0) is 15.5. The third-order valence-corrected chi connectivity index (χ3v) is 4.36. The Hall–Kier alpha value is -1.89. The van der Waals surface area contributed by atoms with Crippen LogP contribution in [0.1, 0.15) is 25.8 Å². The molecule has 0 saturated heterocycles. The molecular formula is C14H18N2O4S. The van der Waals surface area contributed by atoms with Gasteiger partial charge >= 0.3 is 5.97 Å². The summed E-state index contributed by atoms with van der Waals surface area (Å²) in [7, 11) is -3.67. The Morgan fingerprint density at radius 2 is 2.00 bits per heavy atom. The smallest absolute Gasteiger partial charge is 0.325 e. The van der Waals surface area contributed by atoms with Gasteiger partial charge in [-0.3, -0.25) is 4.79 Å². The van der Waals surface area contributed by atoms with E-state index >= 15 is 0 Å². The molecule has 6 nitrogen and oxygen atoms in total. The minimum Gasteiger partial charge on any atom is -0.465 e. The number of benzene rings is 1. The molecule has 1 aliphatic heterocycles. The molecule has 0 saturated carbocycles. The fourth-order valence-electron chi connectivity index (χ4n) is 2.21. The second-order valence-corrected chi connectivity index (χ2v) is 6.19. The molecule has 7 heteroatoms. The van der Waals surface area contributed by atoms with Crippen LogP contribution in [0.25, 0.3) is 0 Å². The van der Waals surface area contributed by atoms with E-state index in [1.807, 2.05) is 6.92 Å². The lowest BCUT2D eigenvalue weighted by Gasteiger charge is -2.22. The maximum absolute atomic E-state index is 12.1. The van der Waals surface area contributed by atoms with Crippen LogP contribution in [0.5, 0.6) is 0 Å². The third kappa shape index (κ3) is 3.24. The van der Waals surface area contributed by atoms with E-state index in [1.54, 1.807) is 30.0 Å². The average molecular weight is 310 g/mol. The highest BCUT2D eigenvalue weighted by Crippen LogP contribution is 2.27. The summed E-state index contributed by atoms with van der Waals surface area (Å²) in [5.41, 5.74) is 0.537. The summed E-state index contributed by atoms with van der Waals surface area (Å²) in [6.45, 7) is 4.50. The molecule has 0 bridgehead atoms. The number of esters is 1. The Balaban J connectivity index is 2.35. The second-order valence-electron chi connectivity index (χ2n) is 4.61. The molecule has 1 heterocycles. The van der Waals surface area contributed by atoms with Gasteiger partial charge in [0, 0.05) is 12.1 Å². The Morgan fingerprint density at radius 1 is 1.29 bits per heavy atom. The maximum Gasteiger partial charge on any atom is 0.325 e. The topological polar surface area (TPSA) is 76.0 Å². The van der Waals surface area contributed by atoms with Gasteiger partial charge in [-0.05, 0) is 25.5 Å².